The van der Waals surface area contributed by atoms with Gasteiger partial charge in [0, 0.05) is 11.1 Å². The molecule has 2 aromatic rings. The van der Waals surface area contributed by atoms with Crippen molar-refractivity contribution in [3.05, 3.63) is 82.7 Å². The first-order chi connectivity index (χ1) is 11.5. The van der Waals surface area contributed by atoms with Gasteiger partial charge in [-0.2, -0.15) is 0 Å². The topological polar surface area (TPSA) is 0 Å². The standard InChI is InChI=1S/C23H21F/c1-16-4-9-20(10-5-16)21-11-6-19(7-12-21)8-13-22-18(3)14-17(2)15-23(22)24/h4-7,9-12,15,18H,14H2,1-3H3. The molecule has 0 heterocycles. The van der Waals surface area contributed by atoms with E-state index >= 15 is 0 Å². The number of rotatable bonds is 1. The molecule has 120 valence electrons. The third-order valence-corrected chi connectivity index (χ3v) is 4.36. The molecule has 1 unspecified atom stereocenters. The van der Waals surface area contributed by atoms with Crippen LogP contribution in [0.3, 0.4) is 0 Å². The Hall–Kier alpha value is -2.59. The van der Waals surface area contributed by atoms with Crippen molar-refractivity contribution in [2.75, 3.05) is 0 Å². The van der Waals surface area contributed by atoms with Crippen LogP contribution in [0, 0.1) is 24.7 Å². The number of aryl methyl sites for hydroxylation is 1. The van der Waals surface area contributed by atoms with E-state index in [0.717, 1.165) is 23.1 Å². The van der Waals surface area contributed by atoms with Crippen molar-refractivity contribution in [2.45, 2.75) is 27.2 Å². The van der Waals surface area contributed by atoms with Crippen LogP contribution in [-0.2, 0) is 0 Å². The zero-order valence-electron chi connectivity index (χ0n) is 14.4. The van der Waals surface area contributed by atoms with E-state index in [0.29, 0.717) is 5.57 Å². The zero-order chi connectivity index (χ0) is 17.1. The van der Waals surface area contributed by atoms with Crippen molar-refractivity contribution < 1.29 is 4.39 Å². The van der Waals surface area contributed by atoms with E-state index < -0.39 is 0 Å². The summed E-state index contributed by atoms with van der Waals surface area (Å²) in [5, 5.41) is 0. The summed E-state index contributed by atoms with van der Waals surface area (Å²) < 4.78 is 14.1. The monoisotopic (exact) mass is 316 g/mol. The first kappa shape index (κ1) is 16.3. The minimum absolute atomic E-state index is 0.148. The van der Waals surface area contributed by atoms with Gasteiger partial charge in [-0.1, -0.05) is 66.3 Å². The maximum Gasteiger partial charge on any atom is 0.134 e. The van der Waals surface area contributed by atoms with Gasteiger partial charge in [-0.3, -0.25) is 0 Å². The van der Waals surface area contributed by atoms with Crippen molar-refractivity contribution >= 4 is 0 Å². The molecule has 0 nitrogen and oxygen atoms in total. The molecule has 0 N–H and O–H groups in total. The fraction of sp³-hybridized carbons (Fsp3) is 0.217. The highest BCUT2D eigenvalue weighted by molar-refractivity contribution is 5.64. The summed E-state index contributed by atoms with van der Waals surface area (Å²) in [6.45, 7) is 6.07. The lowest BCUT2D eigenvalue weighted by Gasteiger charge is -2.16. The van der Waals surface area contributed by atoms with Crippen LogP contribution in [0.15, 0.2) is 71.6 Å². The summed E-state index contributed by atoms with van der Waals surface area (Å²) >= 11 is 0. The van der Waals surface area contributed by atoms with Crippen LogP contribution in [0.25, 0.3) is 11.1 Å². The Bertz CT molecular complexity index is 853. The minimum atomic E-state index is -0.185. The fourth-order valence-electron chi connectivity index (χ4n) is 2.99. The van der Waals surface area contributed by atoms with Crippen molar-refractivity contribution in [1.82, 2.24) is 0 Å². The van der Waals surface area contributed by atoms with Crippen molar-refractivity contribution in [3.8, 4) is 23.0 Å². The Morgan fingerprint density at radius 1 is 0.875 bits per heavy atom. The van der Waals surface area contributed by atoms with Crippen molar-refractivity contribution in [1.29, 1.82) is 0 Å². The van der Waals surface area contributed by atoms with E-state index in [9.17, 15) is 4.39 Å². The first-order valence-corrected chi connectivity index (χ1v) is 8.29. The van der Waals surface area contributed by atoms with Crippen LogP contribution in [0.2, 0.25) is 0 Å². The Labute approximate surface area is 143 Å². The summed E-state index contributed by atoms with van der Waals surface area (Å²) in [4.78, 5) is 0. The van der Waals surface area contributed by atoms with Gasteiger partial charge in [-0.05, 0) is 55.5 Å². The summed E-state index contributed by atoms with van der Waals surface area (Å²) in [6.07, 6.45) is 2.48. The molecule has 0 aromatic heterocycles. The molecule has 0 radical (unpaired) electrons. The average Bonchev–Trinajstić information content (AvgIpc) is 2.55. The number of halogens is 1. The maximum atomic E-state index is 14.1. The Morgan fingerprint density at radius 2 is 1.46 bits per heavy atom. The van der Waals surface area contributed by atoms with Crippen LogP contribution < -0.4 is 0 Å². The van der Waals surface area contributed by atoms with E-state index in [1.165, 1.54) is 11.1 Å². The second kappa shape index (κ2) is 6.89. The van der Waals surface area contributed by atoms with E-state index in [-0.39, 0.29) is 11.7 Å². The van der Waals surface area contributed by atoms with Crippen LogP contribution >= 0.6 is 0 Å². The van der Waals surface area contributed by atoms with E-state index in [1.807, 2.05) is 26.0 Å². The van der Waals surface area contributed by atoms with Crippen LogP contribution in [0.1, 0.15) is 31.4 Å². The highest BCUT2D eigenvalue weighted by Gasteiger charge is 2.17. The Morgan fingerprint density at radius 3 is 2.04 bits per heavy atom. The highest BCUT2D eigenvalue weighted by atomic mass is 19.1. The minimum Gasteiger partial charge on any atom is -0.206 e. The maximum absolute atomic E-state index is 14.1. The van der Waals surface area contributed by atoms with E-state index in [2.05, 4.69) is 55.2 Å². The lowest BCUT2D eigenvalue weighted by atomic mass is 9.88. The number of hydrogen-bond donors (Lipinski definition) is 0. The smallest absolute Gasteiger partial charge is 0.134 e. The van der Waals surface area contributed by atoms with Gasteiger partial charge in [-0.25, -0.2) is 4.39 Å². The van der Waals surface area contributed by atoms with E-state index in [4.69, 9.17) is 0 Å². The second-order valence-corrected chi connectivity index (χ2v) is 6.55. The van der Waals surface area contributed by atoms with Crippen molar-refractivity contribution in [2.24, 2.45) is 5.92 Å². The molecular weight excluding hydrogens is 295 g/mol. The molecule has 3 rings (SSSR count). The molecule has 1 heteroatoms. The zero-order valence-corrected chi connectivity index (χ0v) is 14.4. The van der Waals surface area contributed by atoms with Gasteiger partial charge in [0.2, 0.25) is 0 Å². The highest BCUT2D eigenvalue weighted by Crippen LogP contribution is 2.29. The Balaban J connectivity index is 1.83. The predicted octanol–water partition coefficient (Wildman–Crippen LogP) is 6.22. The van der Waals surface area contributed by atoms with Crippen LogP contribution in [0.5, 0.6) is 0 Å². The third kappa shape index (κ3) is 3.66. The molecular formula is C23H21F. The summed E-state index contributed by atoms with van der Waals surface area (Å²) in [6, 6.07) is 16.6. The molecule has 0 saturated heterocycles. The van der Waals surface area contributed by atoms with Gasteiger partial charge < -0.3 is 0 Å². The molecule has 0 aliphatic heterocycles. The summed E-state index contributed by atoms with van der Waals surface area (Å²) in [5.41, 5.74) is 6.20. The van der Waals surface area contributed by atoms with Crippen molar-refractivity contribution in [3.63, 3.8) is 0 Å². The molecule has 1 aliphatic carbocycles. The number of hydrogen-bond acceptors (Lipinski definition) is 0. The van der Waals surface area contributed by atoms with Crippen LogP contribution in [0.4, 0.5) is 4.39 Å². The molecule has 0 bridgehead atoms. The third-order valence-electron chi connectivity index (χ3n) is 4.36. The summed E-state index contributed by atoms with van der Waals surface area (Å²) in [5.74, 6) is 6.10. The van der Waals surface area contributed by atoms with Gasteiger partial charge in [0.05, 0.1) is 0 Å². The van der Waals surface area contributed by atoms with Gasteiger partial charge in [0.1, 0.15) is 5.83 Å². The normalized spacial score (nSPS) is 17.2. The average molecular weight is 316 g/mol. The fourth-order valence-corrected chi connectivity index (χ4v) is 2.99. The summed E-state index contributed by atoms with van der Waals surface area (Å²) in [7, 11) is 0. The van der Waals surface area contributed by atoms with Gasteiger partial charge in [-0.15, -0.1) is 0 Å². The molecule has 0 spiro atoms. The van der Waals surface area contributed by atoms with E-state index in [1.54, 1.807) is 6.08 Å². The SMILES string of the molecule is CC1=CC(F)=C(C#Cc2ccc(-c3ccc(C)cc3)cc2)C(C)C1. The molecule has 0 fully saturated rings. The molecule has 1 aliphatic rings. The number of allylic oxidation sites excluding steroid dienone is 4. The Kier molecular flexibility index (Phi) is 4.67. The van der Waals surface area contributed by atoms with Crippen LogP contribution in [-0.4, -0.2) is 0 Å². The molecule has 2 aromatic carbocycles. The molecule has 0 saturated carbocycles. The second-order valence-electron chi connectivity index (χ2n) is 6.55. The lowest BCUT2D eigenvalue weighted by molar-refractivity contribution is 0.586. The lowest BCUT2D eigenvalue weighted by Crippen LogP contribution is -2.05. The molecule has 24 heavy (non-hydrogen) atoms. The van der Waals surface area contributed by atoms with Gasteiger partial charge in [0.15, 0.2) is 0 Å². The van der Waals surface area contributed by atoms with Gasteiger partial charge in [0.25, 0.3) is 0 Å². The predicted molar refractivity (Wildman–Crippen MR) is 99.2 cm³/mol. The molecule has 1 atom stereocenters. The van der Waals surface area contributed by atoms with Gasteiger partial charge >= 0.3 is 0 Å². The quantitative estimate of drug-likeness (QED) is 0.548. The first-order valence-electron chi connectivity index (χ1n) is 8.29. The largest absolute Gasteiger partial charge is 0.206 e. The number of benzene rings is 2. The molecule has 0 amide bonds.